The molecule has 6 aromatic carbocycles. The number of aryl methyl sites for hydroxylation is 5. The smallest absolute Gasteiger partial charge is 0.152 e. The molecular weight excluding hydrogens is 1370 g/mol. The molecule has 10 heterocycles. The van der Waals surface area contributed by atoms with Crippen molar-refractivity contribution in [3.8, 4) is 0 Å². The maximum absolute atomic E-state index is 6.26. The second-order valence-electron chi connectivity index (χ2n) is 31.0. The van der Waals surface area contributed by atoms with Crippen molar-refractivity contribution in [3.63, 3.8) is 0 Å². The predicted molar refractivity (Wildman–Crippen MR) is 461 cm³/mol. The zero-order chi connectivity index (χ0) is 76.7. The minimum atomic E-state index is 0.516. The van der Waals surface area contributed by atoms with Gasteiger partial charge >= 0.3 is 0 Å². The molecule has 10 N–H and O–H groups in total. The normalized spacial score (nSPS) is 13.5. The zero-order valence-corrected chi connectivity index (χ0v) is 65.6. The van der Waals surface area contributed by atoms with E-state index in [1.54, 1.807) is 0 Å². The van der Waals surface area contributed by atoms with Gasteiger partial charge in [-0.2, -0.15) is 0 Å². The second-order valence-corrected chi connectivity index (χ2v) is 31.0. The van der Waals surface area contributed by atoms with Gasteiger partial charge in [0.05, 0.1) is 74.1 Å². The van der Waals surface area contributed by atoms with Gasteiger partial charge in [0.15, 0.2) is 29.1 Å². The van der Waals surface area contributed by atoms with Crippen LogP contribution in [0.1, 0.15) is 173 Å². The highest BCUT2D eigenvalue weighted by Crippen LogP contribution is 2.36. The van der Waals surface area contributed by atoms with Gasteiger partial charge in [-0.25, -0.2) is 49.8 Å². The molecule has 0 spiro atoms. The Bertz CT molecular complexity index is 5790. The number of nitrogen functional groups attached to an aromatic ring is 5. The summed E-state index contributed by atoms with van der Waals surface area (Å²) in [5.41, 5.74) is 46.4. The van der Waals surface area contributed by atoms with Crippen LogP contribution in [0.3, 0.4) is 0 Å². The number of hydrogen-bond donors (Lipinski definition) is 5. The second kappa shape index (κ2) is 36.0. The minimum Gasteiger partial charge on any atom is -0.382 e. The van der Waals surface area contributed by atoms with E-state index in [0.717, 1.165) is 179 Å². The van der Waals surface area contributed by atoms with Gasteiger partial charge in [-0.15, -0.1) is 0 Å². The third-order valence-electron chi connectivity index (χ3n) is 22.3. The Kier molecular flexibility index (Phi) is 24.8. The molecule has 20 nitrogen and oxygen atoms in total. The summed E-state index contributed by atoms with van der Waals surface area (Å²) in [4.78, 5) is 45.4. The molecule has 18 rings (SSSR count). The molecular formula is C91H110N20. The number of anilines is 5. The molecule has 111 heavy (non-hydrogen) atoms. The van der Waals surface area contributed by atoms with Crippen molar-refractivity contribution in [1.29, 1.82) is 0 Å². The Morgan fingerprint density at radius 2 is 0.703 bits per heavy atom. The number of nitrogens with zero attached hydrogens (tertiary/aromatic N) is 15. The largest absolute Gasteiger partial charge is 0.382 e. The van der Waals surface area contributed by atoms with E-state index in [9.17, 15) is 0 Å². The quantitative estimate of drug-likeness (QED) is 0.0418. The van der Waals surface area contributed by atoms with Crippen LogP contribution in [-0.2, 0) is 45.6 Å². The minimum absolute atomic E-state index is 0.516. The van der Waals surface area contributed by atoms with Gasteiger partial charge in [-0.1, -0.05) is 239 Å². The summed E-state index contributed by atoms with van der Waals surface area (Å²) in [6, 6.07) is 51.4. The number of nitrogens with two attached hydrogens (primary N) is 5. The maximum atomic E-state index is 6.26. The lowest BCUT2D eigenvalue weighted by atomic mass is 9.89. The first-order chi connectivity index (χ1) is 54.3. The van der Waals surface area contributed by atoms with E-state index in [1.807, 2.05) is 91.8 Å². The van der Waals surface area contributed by atoms with Gasteiger partial charge in [0, 0.05) is 66.1 Å². The van der Waals surface area contributed by atoms with Gasteiger partial charge in [0.1, 0.15) is 39.2 Å². The molecule has 0 bridgehead atoms. The lowest BCUT2D eigenvalue weighted by Gasteiger charge is -2.23. The number of pyridine rings is 5. The monoisotopic (exact) mass is 1480 g/mol. The highest BCUT2D eigenvalue weighted by atomic mass is 15.1. The lowest BCUT2D eigenvalue weighted by molar-refractivity contribution is 0.320. The first-order valence-electron chi connectivity index (χ1n) is 40.9. The van der Waals surface area contributed by atoms with Crippen LogP contribution in [0.15, 0.2) is 171 Å². The van der Waals surface area contributed by atoms with Crippen LogP contribution < -0.4 is 28.7 Å². The summed E-state index contributed by atoms with van der Waals surface area (Å²) in [7, 11) is 0. The zero-order valence-electron chi connectivity index (χ0n) is 65.6. The summed E-state index contributed by atoms with van der Waals surface area (Å²) < 4.78 is 11.4. The van der Waals surface area contributed by atoms with Crippen molar-refractivity contribution in [2.45, 2.75) is 209 Å². The molecule has 20 heteroatoms. The third kappa shape index (κ3) is 17.5. The van der Waals surface area contributed by atoms with Gasteiger partial charge < -0.3 is 51.5 Å². The molecule has 0 aliphatic heterocycles. The molecule has 0 unspecified atom stereocenters. The summed E-state index contributed by atoms with van der Waals surface area (Å²) in [5.74, 6) is 6.82. The van der Waals surface area contributed by atoms with Crippen LogP contribution in [-0.4, -0.2) is 72.7 Å². The highest BCUT2D eigenvalue weighted by Gasteiger charge is 2.23. The number of fused-ring (bicyclic) bond motifs is 15. The van der Waals surface area contributed by atoms with Crippen molar-refractivity contribution in [2.75, 3.05) is 28.7 Å². The van der Waals surface area contributed by atoms with Crippen LogP contribution in [0, 0.1) is 24.7 Å². The number of hydrogen-bond acceptors (Lipinski definition) is 15. The number of aromatic nitrogens is 15. The predicted octanol–water partition coefficient (Wildman–Crippen LogP) is 20.7. The Morgan fingerprint density at radius 1 is 0.351 bits per heavy atom. The average molecular weight is 1480 g/mol. The number of unbranched alkanes of at least 4 members (excludes halogenated alkanes) is 8. The number of para-hydroxylation sites is 5. The standard InChI is InChI=1S/C22H24N4.C18H22N4.C18H24N4.C17H20N4.C16H20N4/c1-15(2)14-26-19(13-12-16-8-4-3-5-9-16)25-20-21(26)17-10-6-7-11-18(17)24-22(20)23;1-12-20-16-17(22(12)11-13-7-3-2-4-8-13)14-9-5-6-10-15(14)21-18(16)19;1-2-3-4-5-6-9-12-22-13-20-16-17(22)14-10-7-8-11-15(14)21-18(16)19;18-17-15-16(13-8-4-5-9-14(13)20-17)21(11-19-15)10-12-6-2-1-3-7-12;1-2-3-4-7-10-20-11-18-14-15(20)12-8-5-6-9-13(12)19-16(14)17/h3-11,15H,12-14H2,1-2H3,(H2,23,24);5-6,9-10,13H,2-4,7-8,11H2,1H3,(H2,19,21);7-8,10-11,13H,2-6,9,12H2,1H3,(H2,19,21);4-5,8-9,11-12H,1-3,6-7,10H2,(H2,18,20);5-6,8-9,11H,2-4,7,10H2,1H3,(H2,17,19). The molecule has 2 aliphatic rings. The summed E-state index contributed by atoms with van der Waals surface area (Å²) in [6.07, 6.45) is 33.9. The summed E-state index contributed by atoms with van der Waals surface area (Å²) in [6.45, 7) is 16.0. The Labute approximate surface area is 650 Å². The van der Waals surface area contributed by atoms with Gasteiger partial charge in [0.2, 0.25) is 0 Å². The first-order valence-corrected chi connectivity index (χ1v) is 40.9. The maximum Gasteiger partial charge on any atom is 0.152 e. The van der Waals surface area contributed by atoms with E-state index in [2.05, 4.69) is 176 Å². The average Bonchev–Trinajstić information content (AvgIpc) is 1.66. The molecule has 2 saturated carbocycles. The molecule has 10 aromatic heterocycles. The summed E-state index contributed by atoms with van der Waals surface area (Å²) >= 11 is 0. The van der Waals surface area contributed by atoms with Gasteiger partial charge in [-0.3, -0.25) is 0 Å². The fourth-order valence-corrected chi connectivity index (χ4v) is 16.7. The fraction of sp³-hybridized carbons (Fsp3) is 0.385. The lowest BCUT2D eigenvalue weighted by Crippen LogP contribution is -2.15. The molecule has 0 radical (unpaired) electrons. The topological polar surface area (TPSA) is 284 Å². The van der Waals surface area contributed by atoms with Crippen LogP contribution in [0.25, 0.3) is 110 Å². The highest BCUT2D eigenvalue weighted by molar-refractivity contribution is 6.10. The molecule has 574 valence electrons. The summed E-state index contributed by atoms with van der Waals surface area (Å²) in [5, 5.41) is 5.69. The third-order valence-corrected chi connectivity index (χ3v) is 22.3. The molecule has 0 atom stereocenters. The first kappa shape index (κ1) is 76.5. The van der Waals surface area contributed by atoms with Crippen LogP contribution in [0.2, 0.25) is 0 Å². The van der Waals surface area contributed by atoms with E-state index in [4.69, 9.17) is 38.6 Å². The van der Waals surface area contributed by atoms with Crippen LogP contribution in [0.4, 0.5) is 29.1 Å². The number of rotatable bonds is 21. The van der Waals surface area contributed by atoms with Crippen molar-refractivity contribution in [2.24, 2.45) is 17.8 Å². The van der Waals surface area contributed by atoms with Crippen molar-refractivity contribution in [3.05, 3.63) is 188 Å². The molecule has 2 fully saturated rings. The Hall–Kier alpha value is -11.3. The van der Waals surface area contributed by atoms with E-state index < -0.39 is 0 Å². The fourth-order valence-electron chi connectivity index (χ4n) is 16.7. The van der Waals surface area contributed by atoms with Crippen molar-refractivity contribution in [1.82, 2.24) is 72.7 Å². The molecule has 16 aromatic rings. The van der Waals surface area contributed by atoms with Gasteiger partial charge in [-0.05, 0) is 106 Å². The van der Waals surface area contributed by atoms with E-state index in [-0.39, 0.29) is 0 Å². The van der Waals surface area contributed by atoms with Crippen molar-refractivity contribution >= 4 is 139 Å². The van der Waals surface area contributed by atoms with Crippen LogP contribution in [0.5, 0.6) is 0 Å². The van der Waals surface area contributed by atoms with Crippen molar-refractivity contribution < 1.29 is 0 Å². The molecule has 0 amide bonds. The Morgan fingerprint density at radius 3 is 1.14 bits per heavy atom. The SMILES string of the molecule is CC(C)Cn1c(CCc2ccccc2)nc2c(N)nc3ccccc3c21.CCCCCCCCn1cnc2c(N)nc3ccccc3c21.CCCCCCn1cnc2c(N)nc3ccccc3c21.Cc1nc2c(N)nc3ccccc3c2n1CC1CCCCC1.Nc1nc2ccccc2c2c1ncn2CC1CCCCC1. The van der Waals surface area contributed by atoms with E-state index in [1.165, 1.54) is 134 Å². The number of benzene rings is 6. The van der Waals surface area contributed by atoms with E-state index in [0.29, 0.717) is 35.0 Å². The Balaban J connectivity index is 0.000000116. The van der Waals surface area contributed by atoms with Gasteiger partial charge in [0.25, 0.3) is 0 Å². The number of imidazole rings is 5. The van der Waals surface area contributed by atoms with Crippen LogP contribution >= 0.6 is 0 Å². The molecule has 0 saturated heterocycles. The van der Waals surface area contributed by atoms with E-state index >= 15 is 0 Å². The molecule has 2 aliphatic carbocycles.